The Hall–Kier alpha value is -0.630. The highest BCUT2D eigenvalue weighted by molar-refractivity contribution is 5.96. The minimum absolute atomic E-state index is 0.0826. The summed E-state index contributed by atoms with van der Waals surface area (Å²) in [6.45, 7) is 8.63. The standard InChI is InChI=1S/C15H24O2/c1-10-8-13(17)11(9-12(10)16)15(4)7-5-6-14(15,2)3/h8,11,13,17H,5-7,9H2,1-4H3/t11-,13+,15-/m0/s1. The lowest BCUT2D eigenvalue weighted by atomic mass is 9.58. The molecule has 2 aliphatic carbocycles. The Kier molecular flexibility index (Phi) is 2.97. The molecule has 0 saturated heterocycles. The fourth-order valence-corrected chi connectivity index (χ4v) is 3.76. The van der Waals surface area contributed by atoms with Gasteiger partial charge in [0.05, 0.1) is 6.10 Å². The van der Waals surface area contributed by atoms with Crippen LogP contribution in [0.1, 0.15) is 53.4 Å². The molecule has 1 saturated carbocycles. The molecule has 0 bridgehead atoms. The average Bonchev–Trinajstić information content (AvgIpc) is 2.48. The summed E-state index contributed by atoms with van der Waals surface area (Å²) < 4.78 is 0. The van der Waals surface area contributed by atoms with E-state index in [2.05, 4.69) is 20.8 Å². The smallest absolute Gasteiger partial charge is 0.158 e. The van der Waals surface area contributed by atoms with E-state index in [0.717, 1.165) is 12.0 Å². The summed E-state index contributed by atoms with van der Waals surface area (Å²) in [7, 11) is 0. The molecule has 0 aliphatic heterocycles. The first kappa shape index (κ1) is 12.8. The first-order valence-corrected chi connectivity index (χ1v) is 6.68. The molecule has 0 aromatic carbocycles. The van der Waals surface area contributed by atoms with Gasteiger partial charge in [-0.15, -0.1) is 0 Å². The Bertz CT molecular complexity index is 367. The highest BCUT2D eigenvalue weighted by Crippen LogP contribution is 2.58. The van der Waals surface area contributed by atoms with Gasteiger partial charge in [0, 0.05) is 12.3 Å². The molecule has 0 spiro atoms. The van der Waals surface area contributed by atoms with E-state index in [-0.39, 0.29) is 22.5 Å². The molecule has 0 unspecified atom stereocenters. The molecule has 0 aromatic rings. The molecule has 2 rings (SSSR count). The number of hydrogen-bond donors (Lipinski definition) is 1. The van der Waals surface area contributed by atoms with Gasteiger partial charge in [0.25, 0.3) is 0 Å². The van der Waals surface area contributed by atoms with Crippen molar-refractivity contribution >= 4 is 5.78 Å². The zero-order chi connectivity index (χ0) is 12.8. The van der Waals surface area contributed by atoms with Gasteiger partial charge in [-0.3, -0.25) is 4.79 Å². The van der Waals surface area contributed by atoms with E-state index in [1.54, 1.807) is 6.08 Å². The van der Waals surface area contributed by atoms with Gasteiger partial charge >= 0.3 is 0 Å². The average molecular weight is 236 g/mol. The summed E-state index contributed by atoms with van der Waals surface area (Å²) in [4.78, 5) is 11.9. The van der Waals surface area contributed by atoms with Gasteiger partial charge in [0.1, 0.15) is 0 Å². The van der Waals surface area contributed by atoms with Crippen molar-refractivity contribution in [2.45, 2.75) is 59.5 Å². The van der Waals surface area contributed by atoms with Crippen LogP contribution >= 0.6 is 0 Å². The maximum Gasteiger partial charge on any atom is 0.158 e. The molecule has 96 valence electrons. The SMILES string of the molecule is CC1=C[C@@H](O)[C@@H]([C@]2(C)CCCC2(C)C)CC1=O. The van der Waals surface area contributed by atoms with Gasteiger partial charge in [-0.05, 0) is 42.2 Å². The van der Waals surface area contributed by atoms with Gasteiger partial charge in [-0.1, -0.05) is 27.2 Å². The number of ketones is 1. The van der Waals surface area contributed by atoms with Crippen molar-refractivity contribution in [3.8, 4) is 0 Å². The van der Waals surface area contributed by atoms with Crippen LogP contribution in [0, 0.1) is 16.7 Å². The van der Waals surface area contributed by atoms with Gasteiger partial charge in [0.2, 0.25) is 0 Å². The van der Waals surface area contributed by atoms with E-state index in [4.69, 9.17) is 0 Å². The molecule has 1 fully saturated rings. The zero-order valence-corrected chi connectivity index (χ0v) is 11.4. The quantitative estimate of drug-likeness (QED) is 0.759. The number of aliphatic hydroxyl groups excluding tert-OH is 1. The normalized spacial score (nSPS) is 41.5. The molecule has 2 nitrogen and oxygen atoms in total. The van der Waals surface area contributed by atoms with E-state index in [9.17, 15) is 9.90 Å². The van der Waals surface area contributed by atoms with E-state index in [0.29, 0.717) is 6.42 Å². The van der Waals surface area contributed by atoms with E-state index < -0.39 is 6.10 Å². The fourth-order valence-electron chi connectivity index (χ4n) is 3.76. The largest absolute Gasteiger partial charge is 0.389 e. The summed E-state index contributed by atoms with van der Waals surface area (Å²) in [5.41, 5.74) is 1.03. The first-order chi connectivity index (χ1) is 7.78. The Balaban J connectivity index is 2.32. The maximum absolute atomic E-state index is 11.9. The second kappa shape index (κ2) is 3.94. The number of Topliss-reactive ketones (excluding diaryl/α,β-unsaturated/α-hetero) is 1. The van der Waals surface area contributed by atoms with E-state index in [1.807, 2.05) is 6.92 Å². The van der Waals surface area contributed by atoms with Crippen LogP contribution in [-0.2, 0) is 4.79 Å². The van der Waals surface area contributed by atoms with Crippen molar-refractivity contribution in [2.75, 3.05) is 0 Å². The molecule has 0 radical (unpaired) electrons. The van der Waals surface area contributed by atoms with Gasteiger partial charge in [-0.25, -0.2) is 0 Å². The lowest BCUT2D eigenvalue weighted by molar-refractivity contribution is -0.121. The third-order valence-corrected chi connectivity index (χ3v) is 5.54. The van der Waals surface area contributed by atoms with Crippen LogP contribution in [0.3, 0.4) is 0 Å². The number of hydrogen-bond acceptors (Lipinski definition) is 2. The van der Waals surface area contributed by atoms with Crippen molar-refractivity contribution in [3.63, 3.8) is 0 Å². The monoisotopic (exact) mass is 236 g/mol. The highest BCUT2D eigenvalue weighted by atomic mass is 16.3. The van der Waals surface area contributed by atoms with Gasteiger partial charge < -0.3 is 5.11 Å². The summed E-state index contributed by atoms with van der Waals surface area (Å²) in [6, 6.07) is 0. The third-order valence-electron chi connectivity index (χ3n) is 5.54. The molecule has 2 heteroatoms. The Labute approximate surface area is 104 Å². The van der Waals surface area contributed by atoms with Crippen LogP contribution in [-0.4, -0.2) is 17.0 Å². The summed E-state index contributed by atoms with van der Waals surface area (Å²) >= 11 is 0. The van der Waals surface area contributed by atoms with Crippen LogP contribution in [0.5, 0.6) is 0 Å². The molecule has 0 aromatic heterocycles. The highest BCUT2D eigenvalue weighted by Gasteiger charge is 2.52. The van der Waals surface area contributed by atoms with E-state index >= 15 is 0 Å². The van der Waals surface area contributed by atoms with E-state index in [1.165, 1.54) is 12.8 Å². The predicted molar refractivity (Wildman–Crippen MR) is 68.6 cm³/mol. The molecule has 0 amide bonds. The van der Waals surface area contributed by atoms with Crippen LogP contribution < -0.4 is 0 Å². The summed E-state index contributed by atoms with van der Waals surface area (Å²) in [6.07, 6.45) is 5.37. The second-order valence-corrected chi connectivity index (χ2v) is 6.73. The first-order valence-electron chi connectivity index (χ1n) is 6.68. The minimum atomic E-state index is -0.449. The molecule has 17 heavy (non-hydrogen) atoms. The number of carbonyl (C=O) groups excluding carboxylic acids is 1. The summed E-state index contributed by atoms with van der Waals surface area (Å²) in [5, 5.41) is 10.3. The Morgan fingerprint density at radius 2 is 1.94 bits per heavy atom. The lowest BCUT2D eigenvalue weighted by Crippen LogP contribution is -2.45. The van der Waals surface area contributed by atoms with Crippen molar-refractivity contribution < 1.29 is 9.90 Å². The number of aliphatic hydroxyl groups is 1. The number of carbonyl (C=O) groups is 1. The minimum Gasteiger partial charge on any atom is -0.389 e. The molecule has 0 heterocycles. The lowest BCUT2D eigenvalue weighted by Gasteiger charge is -2.47. The predicted octanol–water partition coefficient (Wildman–Crippen LogP) is 3.10. The third kappa shape index (κ3) is 1.87. The van der Waals surface area contributed by atoms with Crippen LogP contribution in [0.15, 0.2) is 11.6 Å². The second-order valence-electron chi connectivity index (χ2n) is 6.73. The van der Waals surface area contributed by atoms with Gasteiger partial charge in [-0.2, -0.15) is 0 Å². The number of rotatable bonds is 1. The topological polar surface area (TPSA) is 37.3 Å². The molecule has 1 N–H and O–H groups in total. The van der Waals surface area contributed by atoms with Crippen LogP contribution in [0.2, 0.25) is 0 Å². The van der Waals surface area contributed by atoms with Crippen molar-refractivity contribution in [1.29, 1.82) is 0 Å². The number of allylic oxidation sites excluding steroid dienone is 1. The fraction of sp³-hybridized carbons (Fsp3) is 0.800. The van der Waals surface area contributed by atoms with Crippen molar-refractivity contribution in [3.05, 3.63) is 11.6 Å². The molecular formula is C15H24O2. The Morgan fingerprint density at radius 3 is 2.47 bits per heavy atom. The maximum atomic E-state index is 11.9. The van der Waals surface area contributed by atoms with Crippen LogP contribution in [0.25, 0.3) is 0 Å². The molecule has 2 aliphatic rings. The molecule has 3 atom stereocenters. The molecular weight excluding hydrogens is 212 g/mol. The van der Waals surface area contributed by atoms with Crippen molar-refractivity contribution in [1.82, 2.24) is 0 Å². The van der Waals surface area contributed by atoms with Crippen LogP contribution in [0.4, 0.5) is 0 Å². The van der Waals surface area contributed by atoms with Gasteiger partial charge in [0.15, 0.2) is 5.78 Å². The zero-order valence-electron chi connectivity index (χ0n) is 11.4. The summed E-state index contributed by atoms with van der Waals surface area (Å²) in [5.74, 6) is 0.306. The van der Waals surface area contributed by atoms with Crippen molar-refractivity contribution in [2.24, 2.45) is 16.7 Å². The Morgan fingerprint density at radius 1 is 1.29 bits per heavy atom.